The van der Waals surface area contributed by atoms with Gasteiger partial charge in [-0.25, -0.2) is 8.78 Å². The number of carbonyl (C=O) groups is 1. The van der Waals surface area contributed by atoms with Crippen molar-refractivity contribution in [1.29, 1.82) is 0 Å². The Morgan fingerprint density at radius 2 is 2.21 bits per heavy atom. The second-order valence-corrected chi connectivity index (χ2v) is 3.93. The van der Waals surface area contributed by atoms with Crippen LogP contribution >= 0.6 is 11.3 Å². The van der Waals surface area contributed by atoms with E-state index in [4.69, 9.17) is 0 Å². The lowest BCUT2D eigenvalue weighted by molar-refractivity contribution is -0.124. The second-order valence-electron chi connectivity index (χ2n) is 2.64. The summed E-state index contributed by atoms with van der Waals surface area (Å²) in [6.45, 7) is 1.82. The maximum absolute atomic E-state index is 11.8. The van der Waals surface area contributed by atoms with Crippen molar-refractivity contribution in [2.24, 2.45) is 0 Å². The summed E-state index contributed by atoms with van der Waals surface area (Å²) in [4.78, 5) is 11.9. The van der Waals surface area contributed by atoms with Crippen LogP contribution in [0.3, 0.4) is 0 Å². The van der Waals surface area contributed by atoms with Crippen LogP contribution in [0.4, 0.5) is 8.78 Å². The summed E-state index contributed by atoms with van der Waals surface area (Å²) in [6.07, 6.45) is -2.52. The van der Waals surface area contributed by atoms with E-state index in [-0.39, 0.29) is 0 Å². The van der Waals surface area contributed by atoms with Crippen LogP contribution in [0.5, 0.6) is 0 Å². The molecule has 0 radical (unpaired) electrons. The second kappa shape index (κ2) is 4.32. The number of ketones is 1. The lowest BCUT2D eigenvalue weighted by Gasteiger charge is -1.95. The minimum absolute atomic E-state index is 0.409. The summed E-state index contributed by atoms with van der Waals surface area (Å²) in [6, 6.07) is 3.31. The van der Waals surface area contributed by atoms with Crippen molar-refractivity contribution >= 4 is 22.9 Å². The third-order valence-corrected chi connectivity index (χ3v) is 2.51. The van der Waals surface area contributed by atoms with Crippen molar-refractivity contribution in [2.75, 3.05) is 0 Å². The minimum atomic E-state index is -3.07. The smallest absolute Gasteiger partial charge is 0.300 e. The molecule has 0 amide bonds. The number of alkyl halides is 2. The Hall–Kier alpha value is -1.23. The molecule has 1 aromatic rings. The fourth-order valence-corrected chi connectivity index (χ4v) is 1.62. The Kier molecular flexibility index (Phi) is 3.35. The number of aliphatic hydroxyl groups excluding tert-OH is 1. The van der Waals surface area contributed by atoms with Crippen LogP contribution in [0.1, 0.15) is 9.75 Å². The third-order valence-electron chi connectivity index (χ3n) is 1.49. The van der Waals surface area contributed by atoms with E-state index in [1.54, 1.807) is 12.1 Å². The summed E-state index contributed by atoms with van der Waals surface area (Å²) in [5, 5.41) is 9.27. The topological polar surface area (TPSA) is 37.3 Å². The molecule has 1 aromatic heterocycles. The largest absolute Gasteiger partial charge is 0.506 e. The highest BCUT2D eigenvalue weighted by Gasteiger charge is 2.14. The van der Waals surface area contributed by atoms with Crippen LogP contribution in [-0.2, 0) is 4.79 Å². The molecule has 0 aliphatic rings. The summed E-state index contributed by atoms with van der Waals surface area (Å²) in [5.74, 6) is -1.79. The van der Waals surface area contributed by atoms with Crippen molar-refractivity contribution in [3.8, 4) is 0 Å². The molecule has 1 rings (SSSR count). The average molecular weight is 218 g/mol. The number of hydrogen-bond acceptors (Lipinski definition) is 3. The van der Waals surface area contributed by atoms with E-state index in [1.807, 2.05) is 6.92 Å². The van der Waals surface area contributed by atoms with Gasteiger partial charge >= 0.3 is 0 Å². The number of thiophene rings is 1. The van der Waals surface area contributed by atoms with Crippen LogP contribution in [0.2, 0.25) is 0 Å². The molecule has 0 saturated heterocycles. The number of aliphatic hydroxyl groups is 1. The number of rotatable bonds is 3. The molecule has 0 unspecified atom stereocenters. The predicted octanol–water partition coefficient (Wildman–Crippen LogP) is 2.79. The molecule has 5 heteroatoms. The van der Waals surface area contributed by atoms with Gasteiger partial charge in [0.05, 0.1) is 4.88 Å². The summed E-state index contributed by atoms with van der Waals surface area (Å²) >= 11 is 1.23. The monoisotopic (exact) mass is 218 g/mol. The van der Waals surface area contributed by atoms with Gasteiger partial charge in [-0.1, -0.05) is 0 Å². The molecule has 0 aliphatic carbocycles. The SMILES string of the molecule is Cc1ccc(/C(O)=C/C(=O)C(F)F)s1. The van der Waals surface area contributed by atoms with E-state index in [0.29, 0.717) is 11.0 Å². The molecule has 76 valence electrons. The van der Waals surface area contributed by atoms with E-state index < -0.39 is 18.0 Å². The van der Waals surface area contributed by atoms with E-state index in [2.05, 4.69) is 0 Å². The number of hydrogen-bond donors (Lipinski definition) is 1. The molecule has 0 saturated carbocycles. The standard InChI is InChI=1S/C9H8F2O2S/c1-5-2-3-8(14-5)6(12)4-7(13)9(10)11/h2-4,9,12H,1H3/b6-4-. The van der Waals surface area contributed by atoms with Gasteiger partial charge in [0.15, 0.2) is 0 Å². The molecule has 0 fully saturated rings. The number of halogens is 2. The molecule has 2 nitrogen and oxygen atoms in total. The highest BCUT2D eigenvalue weighted by atomic mass is 32.1. The Labute approximate surface area is 83.5 Å². The molecule has 1 heterocycles. The van der Waals surface area contributed by atoms with Crippen molar-refractivity contribution in [1.82, 2.24) is 0 Å². The summed E-state index contributed by atoms with van der Waals surface area (Å²) < 4.78 is 23.6. The number of carbonyl (C=O) groups excluding carboxylic acids is 1. The van der Waals surface area contributed by atoms with Gasteiger partial charge in [0.1, 0.15) is 5.76 Å². The van der Waals surface area contributed by atoms with Crippen LogP contribution in [-0.4, -0.2) is 17.3 Å². The summed E-state index contributed by atoms with van der Waals surface area (Å²) in [7, 11) is 0. The number of allylic oxidation sites excluding steroid dienone is 1. The molecule has 0 aliphatic heterocycles. The average Bonchev–Trinajstić information content (AvgIpc) is 2.51. The molecule has 1 N–H and O–H groups in total. The zero-order valence-electron chi connectivity index (χ0n) is 7.33. The first-order valence-electron chi connectivity index (χ1n) is 3.80. The minimum Gasteiger partial charge on any atom is -0.506 e. The van der Waals surface area contributed by atoms with Crippen molar-refractivity contribution < 1.29 is 18.7 Å². The molecule has 0 aromatic carbocycles. The molecule has 0 spiro atoms. The lowest BCUT2D eigenvalue weighted by atomic mass is 10.3. The fourth-order valence-electron chi connectivity index (χ4n) is 0.841. The normalized spacial score (nSPS) is 12.1. The van der Waals surface area contributed by atoms with Gasteiger partial charge in [-0.15, -0.1) is 11.3 Å². The van der Waals surface area contributed by atoms with E-state index >= 15 is 0 Å². The van der Waals surface area contributed by atoms with E-state index in [0.717, 1.165) is 4.88 Å². The highest BCUT2D eigenvalue weighted by Crippen LogP contribution is 2.21. The van der Waals surface area contributed by atoms with Gasteiger partial charge in [-0.3, -0.25) is 4.79 Å². The highest BCUT2D eigenvalue weighted by molar-refractivity contribution is 7.13. The van der Waals surface area contributed by atoms with Gasteiger partial charge in [0.25, 0.3) is 6.43 Å². The van der Waals surface area contributed by atoms with Crippen molar-refractivity contribution in [3.05, 3.63) is 28.0 Å². The van der Waals surface area contributed by atoms with Crippen molar-refractivity contribution in [3.63, 3.8) is 0 Å². The predicted molar refractivity (Wildman–Crippen MR) is 50.7 cm³/mol. The first-order valence-corrected chi connectivity index (χ1v) is 4.62. The molecule has 14 heavy (non-hydrogen) atoms. The Balaban J connectivity index is 2.84. The first-order chi connectivity index (χ1) is 6.50. The van der Waals surface area contributed by atoms with E-state index in [1.165, 1.54) is 11.3 Å². The summed E-state index contributed by atoms with van der Waals surface area (Å²) in [5.41, 5.74) is 0. The Morgan fingerprint density at radius 1 is 1.57 bits per heavy atom. The van der Waals surface area contributed by atoms with Gasteiger partial charge in [-0.2, -0.15) is 0 Å². The van der Waals surface area contributed by atoms with Crippen LogP contribution in [0.15, 0.2) is 18.2 Å². The van der Waals surface area contributed by atoms with Crippen molar-refractivity contribution in [2.45, 2.75) is 13.3 Å². The Morgan fingerprint density at radius 3 is 2.64 bits per heavy atom. The van der Waals surface area contributed by atoms with E-state index in [9.17, 15) is 18.7 Å². The zero-order chi connectivity index (χ0) is 10.7. The lowest BCUT2D eigenvalue weighted by Crippen LogP contribution is -2.06. The first kappa shape index (κ1) is 10.8. The van der Waals surface area contributed by atoms with Gasteiger partial charge in [-0.05, 0) is 19.1 Å². The fraction of sp³-hybridized carbons (Fsp3) is 0.222. The van der Waals surface area contributed by atoms with Gasteiger partial charge in [0, 0.05) is 11.0 Å². The maximum Gasteiger partial charge on any atom is 0.300 e. The molecular formula is C9H8F2O2S. The molecule has 0 bridgehead atoms. The van der Waals surface area contributed by atoms with Crippen LogP contribution in [0, 0.1) is 6.92 Å². The van der Waals surface area contributed by atoms with Gasteiger partial charge < -0.3 is 5.11 Å². The van der Waals surface area contributed by atoms with Crippen LogP contribution < -0.4 is 0 Å². The zero-order valence-corrected chi connectivity index (χ0v) is 8.15. The molecule has 0 atom stereocenters. The third kappa shape index (κ3) is 2.63. The maximum atomic E-state index is 11.8. The Bertz CT molecular complexity index is 369. The van der Waals surface area contributed by atoms with Gasteiger partial charge in [0.2, 0.25) is 5.78 Å². The number of aryl methyl sites for hydroxylation is 1. The quantitative estimate of drug-likeness (QED) is 0.625. The molecular weight excluding hydrogens is 210 g/mol. The van der Waals surface area contributed by atoms with Crippen LogP contribution in [0.25, 0.3) is 5.76 Å².